The van der Waals surface area contributed by atoms with Crippen LogP contribution >= 0.6 is 33.2 Å². The van der Waals surface area contributed by atoms with E-state index in [-0.39, 0.29) is 29.4 Å². The van der Waals surface area contributed by atoms with Gasteiger partial charge in [0, 0.05) is 5.41 Å². The molecule has 0 radical (unpaired) electrons. The van der Waals surface area contributed by atoms with Crippen molar-refractivity contribution in [2.45, 2.75) is 37.5 Å². The Balaban J connectivity index is 0.00000261. The zero-order valence-corrected chi connectivity index (χ0v) is 19.4. The zero-order chi connectivity index (χ0) is 18.1. The molecule has 0 bridgehead atoms. The maximum Gasteiger partial charge on any atom is 0.0451 e. The van der Waals surface area contributed by atoms with Crippen molar-refractivity contribution < 1.29 is 0 Å². The van der Waals surface area contributed by atoms with Crippen LogP contribution < -0.4 is 0 Å². The minimum absolute atomic E-state index is 0. The Kier molecular flexibility index (Phi) is 9.51. The molecule has 3 aromatic rings. The van der Waals surface area contributed by atoms with E-state index in [0.29, 0.717) is 0 Å². The fraction of sp³-hybridized carbons (Fsp3) is 0.280. The highest BCUT2D eigenvalue weighted by Crippen LogP contribution is 2.43. The van der Waals surface area contributed by atoms with Gasteiger partial charge in [0.25, 0.3) is 0 Å². The molecule has 3 rings (SSSR count). The van der Waals surface area contributed by atoms with Crippen LogP contribution in [0.3, 0.4) is 0 Å². The van der Waals surface area contributed by atoms with Crippen molar-refractivity contribution in [3.63, 3.8) is 0 Å². The van der Waals surface area contributed by atoms with Crippen LogP contribution in [0.1, 0.15) is 48.8 Å². The minimum atomic E-state index is -0.0786. The molecule has 0 N–H and O–H groups in total. The van der Waals surface area contributed by atoms with Crippen molar-refractivity contribution >= 4 is 33.2 Å². The highest BCUT2D eigenvalue weighted by Gasteiger charge is 2.35. The van der Waals surface area contributed by atoms with Gasteiger partial charge in [-0.25, -0.2) is 0 Å². The molecular formula is C25H30IP. The molecule has 0 aromatic heterocycles. The molecule has 0 aliphatic heterocycles. The summed E-state index contributed by atoms with van der Waals surface area (Å²) >= 11 is 0. The first kappa shape index (κ1) is 22.1. The molecule has 0 fully saturated rings. The second-order valence-corrected chi connectivity index (χ2v) is 7.53. The van der Waals surface area contributed by atoms with Gasteiger partial charge in [-0.05, 0) is 35.7 Å². The summed E-state index contributed by atoms with van der Waals surface area (Å²) in [6.07, 6.45) is 7.51. The smallest absolute Gasteiger partial charge is 0.0451 e. The molecule has 0 saturated heterocycles. The predicted octanol–water partition coefficient (Wildman–Crippen LogP) is 7.46. The van der Waals surface area contributed by atoms with Crippen LogP contribution in [-0.4, -0.2) is 6.16 Å². The van der Waals surface area contributed by atoms with Crippen LogP contribution in [0.2, 0.25) is 0 Å². The summed E-state index contributed by atoms with van der Waals surface area (Å²) in [6.45, 7) is 0. The summed E-state index contributed by atoms with van der Waals surface area (Å²) in [5.41, 5.74) is 4.10. The Morgan fingerprint density at radius 2 is 0.889 bits per heavy atom. The highest BCUT2D eigenvalue weighted by molar-refractivity contribution is 14.0. The standard InChI is InChI=1S/C25H29P.HI/c26-21-13-2-1-12-20-25(22-14-6-3-7-15-22,23-16-8-4-9-17-23)24-18-10-5-11-19-24;/h3-11,14-19H,1-2,12-13,20-21,26H2;1H. The van der Waals surface area contributed by atoms with Gasteiger partial charge >= 0.3 is 0 Å². The molecule has 0 saturated carbocycles. The molecule has 0 nitrogen and oxygen atoms in total. The van der Waals surface area contributed by atoms with E-state index in [1.54, 1.807) is 0 Å². The second-order valence-electron chi connectivity index (χ2n) is 6.96. The van der Waals surface area contributed by atoms with Gasteiger partial charge in [-0.2, -0.15) is 0 Å². The maximum atomic E-state index is 2.84. The minimum Gasteiger partial charge on any atom is -0.138 e. The molecule has 1 atom stereocenters. The normalized spacial score (nSPS) is 11.0. The first-order chi connectivity index (χ1) is 12.9. The SMILES string of the molecule is I.PCCCCCCC(c1ccccc1)(c1ccccc1)c1ccccc1. The van der Waals surface area contributed by atoms with Gasteiger partial charge in [-0.1, -0.05) is 110 Å². The van der Waals surface area contributed by atoms with Gasteiger partial charge in [-0.15, -0.1) is 33.2 Å². The molecule has 27 heavy (non-hydrogen) atoms. The van der Waals surface area contributed by atoms with E-state index in [1.807, 2.05) is 0 Å². The Labute approximate surface area is 184 Å². The van der Waals surface area contributed by atoms with Gasteiger partial charge in [0.1, 0.15) is 0 Å². The van der Waals surface area contributed by atoms with Crippen molar-refractivity contribution in [3.05, 3.63) is 108 Å². The largest absolute Gasteiger partial charge is 0.138 e. The topological polar surface area (TPSA) is 0 Å². The Morgan fingerprint density at radius 3 is 1.26 bits per heavy atom. The Morgan fingerprint density at radius 1 is 0.519 bits per heavy atom. The van der Waals surface area contributed by atoms with Crippen molar-refractivity contribution in [2.24, 2.45) is 0 Å². The first-order valence-corrected chi connectivity index (χ1v) is 10.6. The lowest BCUT2D eigenvalue weighted by Crippen LogP contribution is -2.29. The molecule has 1 unspecified atom stereocenters. The van der Waals surface area contributed by atoms with E-state index in [4.69, 9.17) is 0 Å². The zero-order valence-electron chi connectivity index (χ0n) is 15.9. The third-order valence-electron chi connectivity index (χ3n) is 5.31. The molecule has 0 aliphatic rings. The Hall–Kier alpha value is -1.18. The summed E-state index contributed by atoms with van der Waals surface area (Å²) < 4.78 is 0. The quantitative estimate of drug-likeness (QED) is 0.127. The number of halogens is 1. The van der Waals surface area contributed by atoms with Crippen molar-refractivity contribution in [1.82, 2.24) is 0 Å². The van der Waals surface area contributed by atoms with Crippen LogP contribution in [0.5, 0.6) is 0 Å². The van der Waals surface area contributed by atoms with Gasteiger partial charge in [-0.3, -0.25) is 0 Å². The Bertz CT molecular complexity index is 659. The monoisotopic (exact) mass is 488 g/mol. The van der Waals surface area contributed by atoms with Gasteiger partial charge in [0.15, 0.2) is 0 Å². The molecule has 0 aliphatic carbocycles. The van der Waals surface area contributed by atoms with Gasteiger partial charge < -0.3 is 0 Å². The summed E-state index contributed by atoms with van der Waals surface area (Å²) in [7, 11) is 2.84. The summed E-state index contributed by atoms with van der Waals surface area (Å²) in [5, 5.41) is 0. The van der Waals surface area contributed by atoms with E-state index in [2.05, 4.69) is 100 Å². The van der Waals surface area contributed by atoms with Crippen LogP contribution in [-0.2, 0) is 5.41 Å². The third-order valence-corrected chi connectivity index (χ3v) is 5.71. The van der Waals surface area contributed by atoms with Crippen molar-refractivity contribution in [1.29, 1.82) is 0 Å². The van der Waals surface area contributed by atoms with Crippen LogP contribution in [0.25, 0.3) is 0 Å². The van der Waals surface area contributed by atoms with Crippen molar-refractivity contribution in [3.8, 4) is 0 Å². The lowest BCUT2D eigenvalue weighted by Gasteiger charge is -2.36. The number of hydrogen-bond acceptors (Lipinski definition) is 0. The van der Waals surface area contributed by atoms with E-state index in [9.17, 15) is 0 Å². The maximum absolute atomic E-state index is 2.84. The fourth-order valence-electron chi connectivity index (χ4n) is 3.99. The summed E-state index contributed by atoms with van der Waals surface area (Å²) in [5.74, 6) is 0. The van der Waals surface area contributed by atoms with Crippen LogP contribution in [0.15, 0.2) is 91.0 Å². The van der Waals surface area contributed by atoms with E-state index in [1.165, 1.54) is 48.5 Å². The summed E-state index contributed by atoms with van der Waals surface area (Å²) in [4.78, 5) is 0. The van der Waals surface area contributed by atoms with E-state index < -0.39 is 0 Å². The second kappa shape index (κ2) is 11.6. The van der Waals surface area contributed by atoms with Crippen LogP contribution in [0.4, 0.5) is 0 Å². The highest BCUT2D eigenvalue weighted by atomic mass is 127. The lowest BCUT2D eigenvalue weighted by atomic mass is 9.66. The van der Waals surface area contributed by atoms with Gasteiger partial charge in [0.05, 0.1) is 0 Å². The van der Waals surface area contributed by atoms with E-state index >= 15 is 0 Å². The average Bonchev–Trinajstić information content (AvgIpc) is 2.73. The average molecular weight is 488 g/mol. The summed E-state index contributed by atoms with van der Waals surface area (Å²) in [6, 6.07) is 33.1. The molecule has 142 valence electrons. The number of unbranched alkanes of at least 4 members (excludes halogenated alkanes) is 3. The van der Waals surface area contributed by atoms with Crippen molar-refractivity contribution in [2.75, 3.05) is 6.16 Å². The molecule has 0 amide bonds. The molecule has 0 heterocycles. The molecule has 3 aromatic carbocycles. The third kappa shape index (κ3) is 5.42. The van der Waals surface area contributed by atoms with E-state index in [0.717, 1.165) is 6.42 Å². The molecular weight excluding hydrogens is 458 g/mol. The lowest BCUT2D eigenvalue weighted by molar-refractivity contribution is 0.507. The number of benzene rings is 3. The first-order valence-electron chi connectivity index (χ1n) is 9.74. The fourth-order valence-corrected chi connectivity index (χ4v) is 4.28. The molecule has 2 heteroatoms. The molecule has 0 spiro atoms. The van der Waals surface area contributed by atoms with Gasteiger partial charge in [0.2, 0.25) is 0 Å². The van der Waals surface area contributed by atoms with Crippen LogP contribution in [0, 0.1) is 0 Å². The number of hydrogen-bond donors (Lipinski definition) is 0. The number of rotatable bonds is 9. The predicted molar refractivity (Wildman–Crippen MR) is 132 cm³/mol.